The van der Waals surface area contributed by atoms with E-state index in [1.807, 2.05) is 0 Å². The highest BCUT2D eigenvalue weighted by molar-refractivity contribution is 6.93. The summed E-state index contributed by atoms with van der Waals surface area (Å²) >= 11 is 0. The average molecular weight is 399 g/mol. The van der Waals surface area contributed by atoms with E-state index in [4.69, 9.17) is 4.43 Å². The Morgan fingerprint density at radius 3 is 1.74 bits per heavy atom. The molecule has 0 saturated heterocycles. The third kappa shape index (κ3) is 4.64. The van der Waals surface area contributed by atoms with Crippen LogP contribution >= 0.6 is 0 Å². The first-order chi connectivity index (χ1) is 12.7. The molecular weight excluding hydrogens is 360 g/mol. The van der Waals surface area contributed by atoms with Gasteiger partial charge in [0.1, 0.15) is 8.07 Å². The van der Waals surface area contributed by atoms with Gasteiger partial charge in [0, 0.05) is 0 Å². The minimum atomic E-state index is -2.04. The Morgan fingerprint density at radius 1 is 0.815 bits per heavy atom. The van der Waals surface area contributed by atoms with Crippen molar-refractivity contribution in [2.75, 3.05) is 0 Å². The van der Waals surface area contributed by atoms with E-state index >= 15 is 0 Å². The van der Waals surface area contributed by atoms with Crippen LogP contribution in [0.3, 0.4) is 0 Å². The first kappa shape index (κ1) is 22.1. The first-order valence-electron chi connectivity index (χ1n) is 10.5. The Morgan fingerprint density at radius 2 is 1.30 bits per heavy atom. The van der Waals surface area contributed by atoms with Crippen LogP contribution in [0.2, 0.25) is 26.2 Å². The Bertz CT molecular complexity index is 695. The minimum Gasteiger partial charge on any atom is -0.410 e. The van der Waals surface area contributed by atoms with E-state index < -0.39 is 16.4 Å². The topological polar surface area (TPSA) is 9.23 Å². The number of benzene rings is 2. The van der Waals surface area contributed by atoms with E-state index in [9.17, 15) is 0 Å². The Balaban J connectivity index is 2.56. The summed E-state index contributed by atoms with van der Waals surface area (Å²) in [5, 5.41) is 2.84. The number of hydrogen-bond donors (Lipinski definition) is 0. The lowest BCUT2D eigenvalue weighted by Gasteiger charge is -2.53. The number of unbranched alkanes of at least 4 members (excludes halogenated alkanes) is 1. The summed E-state index contributed by atoms with van der Waals surface area (Å²) in [6.45, 7) is 16.8. The smallest absolute Gasteiger partial charge is 0.218 e. The molecule has 0 aliphatic rings. The Hall–Kier alpha value is -1.17. The van der Waals surface area contributed by atoms with Crippen LogP contribution in [0, 0.1) is 5.92 Å². The molecule has 0 saturated carbocycles. The van der Waals surface area contributed by atoms with Crippen molar-refractivity contribution < 1.29 is 4.43 Å². The van der Waals surface area contributed by atoms with Gasteiger partial charge in [0.2, 0.25) is 8.32 Å². The van der Waals surface area contributed by atoms with Gasteiger partial charge < -0.3 is 4.43 Å². The first-order valence-corrected chi connectivity index (χ1v) is 16.4. The van der Waals surface area contributed by atoms with Gasteiger partial charge in [-0.2, -0.15) is 0 Å². The molecule has 1 nitrogen and oxygen atoms in total. The summed E-state index contributed by atoms with van der Waals surface area (Å²) in [7, 11) is -3.93. The van der Waals surface area contributed by atoms with Crippen molar-refractivity contribution in [2.24, 2.45) is 5.92 Å². The van der Waals surface area contributed by atoms with Gasteiger partial charge in [0.05, 0.1) is 5.22 Å². The zero-order chi connectivity index (χ0) is 20.1. The molecule has 0 radical (unpaired) electrons. The predicted molar refractivity (Wildman–Crippen MR) is 125 cm³/mol. The van der Waals surface area contributed by atoms with Crippen LogP contribution in [0.5, 0.6) is 0 Å². The molecule has 2 aromatic rings. The molecule has 0 aliphatic carbocycles. The quantitative estimate of drug-likeness (QED) is 0.481. The van der Waals surface area contributed by atoms with Gasteiger partial charge in [-0.05, 0) is 30.6 Å². The normalized spacial score (nSPS) is 15.0. The van der Waals surface area contributed by atoms with Gasteiger partial charge in [-0.3, -0.25) is 0 Å². The predicted octanol–water partition coefficient (Wildman–Crippen LogP) is 5.86. The standard InChI is InChI=1S/C24H38OSi2/c1-8-9-20-24(21(2)3,26(4,5)22-16-12-10-13-17-22)25-27(6,7)23-18-14-11-15-19-23/h10-19,21H,8-9,20H2,1-7H3. The lowest BCUT2D eigenvalue weighted by Crippen LogP contribution is -2.70. The molecule has 2 aromatic carbocycles. The maximum absolute atomic E-state index is 7.39. The summed E-state index contributed by atoms with van der Waals surface area (Å²) in [4.78, 5) is 0. The summed E-state index contributed by atoms with van der Waals surface area (Å²) in [5.74, 6) is 0.487. The monoisotopic (exact) mass is 398 g/mol. The lowest BCUT2D eigenvalue weighted by atomic mass is 10.0. The third-order valence-corrected chi connectivity index (χ3v) is 13.9. The number of hydrogen-bond acceptors (Lipinski definition) is 1. The molecule has 148 valence electrons. The van der Waals surface area contributed by atoms with Crippen LogP contribution in [0.4, 0.5) is 0 Å². The highest BCUT2D eigenvalue weighted by atomic mass is 28.4. The van der Waals surface area contributed by atoms with E-state index in [2.05, 4.69) is 108 Å². The summed E-state index contributed by atoms with van der Waals surface area (Å²) in [6, 6.07) is 22.1. The van der Waals surface area contributed by atoms with Crippen LogP contribution in [0.1, 0.15) is 40.0 Å². The van der Waals surface area contributed by atoms with Gasteiger partial charge >= 0.3 is 0 Å². The van der Waals surface area contributed by atoms with Gasteiger partial charge in [0.15, 0.2) is 0 Å². The molecular formula is C24H38OSi2. The van der Waals surface area contributed by atoms with Gasteiger partial charge in [-0.1, -0.05) is 113 Å². The van der Waals surface area contributed by atoms with Gasteiger partial charge in [-0.15, -0.1) is 0 Å². The van der Waals surface area contributed by atoms with Crippen LogP contribution in [0.25, 0.3) is 0 Å². The zero-order valence-electron chi connectivity index (χ0n) is 18.4. The largest absolute Gasteiger partial charge is 0.410 e. The maximum atomic E-state index is 7.39. The molecule has 2 rings (SSSR count). The second kappa shape index (κ2) is 8.89. The second-order valence-corrected chi connectivity index (χ2v) is 17.6. The third-order valence-electron chi connectivity index (χ3n) is 6.29. The van der Waals surface area contributed by atoms with E-state index in [-0.39, 0.29) is 5.22 Å². The molecule has 27 heavy (non-hydrogen) atoms. The van der Waals surface area contributed by atoms with Crippen LogP contribution in [-0.4, -0.2) is 21.6 Å². The van der Waals surface area contributed by atoms with Crippen LogP contribution in [-0.2, 0) is 4.43 Å². The molecule has 0 aromatic heterocycles. The van der Waals surface area contributed by atoms with E-state index in [1.54, 1.807) is 0 Å². The minimum absolute atomic E-state index is 0.0596. The Kier molecular flexibility index (Phi) is 7.29. The van der Waals surface area contributed by atoms with Crippen molar-refractivity contribution in [3.8, 4) is 0 Å². The molecule has 0 aliphatic heterocycles. The molecule has 0 spiro atoms. The molecule has 0 amide bonds. The fourth-order valence-electron chi connectivity index (χ4n) is 4.51. The zero-order valence-corrected chi connectivity index (χ0v) is 20.4. The number of rotatable bonds is 9. The molecule has 0 fully saturated rings. The summed E-state index contributed by atoms with van der Waals surface area (Å²) in [5.41, 5.74) is 0. The van der Waals surface area contributed by atoms with Crippen molar-refractivity contribution in [1.82, 2.24) is 0 Å². The highest BCUT2D eigenvalue weighted by Gasteiger charge is 2.53. The van der Waals surface area contributed by atoms with Crippen LogP contribution < -0.4 is 10.4 Å². The maximum Gasteiger partial charge on any atom is 0.218 e. The molecule has 0 heterocycles. The fourth-order valence-corrected chi connectivity index (χ4v) is 12.4. The lowest BCUT2D eigenvalue weighted by molar-refractivity contribution is 0.0776. The molecule has 0 N–H and O–H groups in total. The Labute approximate surface area is 169 Å². The molecule has 1 atom stereocenters. The van der Waals surface area contributed by atoms with E-state index in [0.29, 0.717) is 5.92 Å². The van der Waals surface area contributed by atoms with E-state index in [0.717, 1.165) is 6.42 Å². The van der Waals surface area contributed by atoms with Crippen molar-refractivity contribution in [2.45, 2.75) is 71.4 Å². The van der Waals surface area contributed by atoms with Crippen molar-refractivity contribution in [1.29, 1.82) is 0 Å². The van der Waals surface area contributed by atoms with E-state index in [1.165, 1.54) is 23.2 Å². The molecule has 1 unspecified atom stereocenters. The molecule has 3 heteroatoms. The molecule has 0 bridgehead atoms. The average Bonchev–Trinajstić information content (AvgIpc) is 2.66. The summed E-state index contributed by atoms with van der Waals surface area (Å²) < 4.78 is 7.39. The van der Waals surface area contributed by atoms with Gasteiger partial charge in [0.25, 0.3) is 0 Å². The van der Waals surface area contributed by atoms with Gasteiger partial charge in [-0.25, -0.2) is 0 Å². The van der Waals surface area contributed by atoms with Crippen molar-refractivity contribution >= 4 is 26.8 Å². The highest BCUT2D eigenvalue weighted by Crippen LogP contribution is 2.39. The fraction of sp³-hybridized carbons (Fsp3) is 0.500. The van der Waals surface area contributed by atoms with Crippen molar-refractivity contribution in [3.05, 3.63) is 60.7 Å². The second-order valence-electron chi connectivity index (χ2n) is 9.12. The van der Waals surface area contributed by atoms with Crippen LogP contribution in [0.15, 0.2) is 60.7 Å². The SMILES string of the molecule is CCCCC(O[Si](C)(C)c1ccccc1)(C(C)C)[Si](C)(C)c1ccccc1. The summed E-state index contributed by atoms with van der Waals surface area (Å²) in [6.07, 6.45) is 3.59. The van der Waals surface area contributed by atoms with Crippen molar-refractivity contribution in [3.63, 3.8) is 0 Å².